The minimum atomic E-state index is -0.322. The number of carbonyl (C=O) groups excluding carboxylic acids is 1. The summed E-state index contributed by atoms with van der Waals surface area (Å²) in [6.07, 6.45) is 0. The minimum absolute atomic E-state index is 0.322. The van der Waals surface area contributed by atoms with Crippen LogP contribution in [0.25, 0.3) is 0 Å². The predicted molar refractivity (Wildman–Crippen MR) is 78.1 cm³/mol. The second-order valence-electron chi connectivity index (χ2n) is 4.94. The summed E-state index contributed by atoms with van der Waals surface area (Å²) < 4.78 is 10.9. The highest BCUT2D eigenvalue weighted by Crippen LogP contribution is 2.22. The van der Waals surface area contributed by atoms with E-state index in [2.05, 4.69) is 0 Å². The standard InChI is InChI=1S/C17H18O3/c1-13(2)12-19-17(18)14-7-6-10-16(11-14)20-15-8-4-3-5-9-15/h3-11,13H,12H2,1-2H3. The molecule has 2 aromatic carbocycles. The van der Waals surface area contributed by atoms with Gasteiger partial charge in [-0.05, 0) is 36.2 Å². The molecule has 0 radical (unpaired) electrons. The van der Waals surface area contributed by atoms with Gasteiger partial charge < -0.3 is 9.47 Å². The highest BCUT2D eigenvalue weighted by molar-refractivity contribution is 5.89. The molecule has 3 heteroatoms. The molecule has 3 nitrogen and oxygen atoms in total. The molecular weight excluding hydrogens is 252 g/mol. The molecule has 0 spiro atoms. The fraction of sp³-hybridized carbons (Fsp3) is 0.235. The van der Waals surface area contributed by atoms with Crippen molar-refractivity contribution in [3.8, 4) is 11.5 Å². The molecule has 0 aliphatic carbocycles. The van der Waals surface area contributed by atoms with E-state index in [-0.39, 0.29) is 5.97 Å². The van der Waals surface area contributed by atoms with Gasteiger partial charge in [-0.15, -0.1) is 0 Å². The Kier molecular flexibility index (Phi) is 4.77. The Morgan fingerprint density at radius 1 is 1.00 bits per heavy atom. The molecule has 0 aliphatic rings. The van der Waals surface area contributed by atoms with Crippen molar-refractivity contribution in [2.24, 2.45) is 5.92 Å². The Bertz CT molecular complexity index is 561. The average Bonchev–Trinajstić information content (AvgIpc) is 2.46. The molecule has 0 N–H and O–H groups in total. The molecular formula is C17H18O3. The lowest BCUT2D eigenvalue weighted by molar-refractivity contribution is 0.0458. The maximum atomic E-state index is 11.9. The van der Waals surface area contributed by atoms with Gasteiger partial charge in [-0.2, -0.15) is 0 Å². The average molecular weight is 270 g/mol. The molecule has 0 saturated carbocycles. The number of hydrogen-bond acceptors (Lipinski definition) is 3. The smallest absolute Gasteiger partial charge is 0.338 e. The van der Waals surface area contributed by atoms with Crippen LogP contribution in [0, 0.1) is 5.92 Å². The maximum Gasteiger partial charge on any atom is 0.338 e. The molecule has 104 valence electrons. The quantitative estimate of drug-likeness (QED) is 0.760. The highest BCUT2D eigenvalue weighted by Gasteiger charge is 2.09. The van der Waals surface area contributed by atoms with Crippen LogP contribution in [0.1, 0.15) is 24.2 Å². The first-order chi connectivity index (χ1) is 9.65. The van der Waals surface area contributed by atoms with Crippen molar-refractivity contribution < 1.29 is 14.3 Å². The monoisotopic (exact) mass is 270 g/mol. The van der Waals surface area contributed by atoms with Crippen molar-refractivity contribution >= 4 is 5.97 Å². The van der Waals surface area contributed by atoms with Gasteiger partial charge in [-0.25, -0.2) is 4.79 Å². The van der Waals surface area contributed by atoms with Gasteiger partial charge in [0.15, 0.2) is 0 Å². The molecule has 0 saturated heterocycles. The van der Waals surface area contributed by atoms with Gasteiger partial charge in [-0.1, -0.05) is 38.1 Å². The Hall–Kier alpha value is -2.29. The molecule has 2 rings (SSSR count). The largest absolute Gasteiger partial charge is 0.462 e. The van der Waals surface area contributed by atoms with Crippen LogP contribution >= 0.6 is 0 Å². The summed E-state index contributed by atoms with van der Waals surface area (Å²) in [5, 5.41) is 0. The van der Waals surface area contributed by atoms with E-state index in [1.54, 1.807) is 18.2 Å². The van der Waals surface area contributed by atoms with Crippen LogP contribution in [-0.2, 0) is 4.74 Å². The maximum absolute atomic E-state index is 11.9. The van der Waals surface area contributed by atoms with Crippen molar-refractivity contribution in [1.82, 2.24) is 0 Å². The summed E-state index contributed by atoms with van der Waals surface area (Å²) in [4.78, 5) is 11.9. The first kappa shape index (κ1) is 14.1. The first-order valence-corrected chi connectivity index (χ1v) is 6.65. The molecule has 0 aliphatic heterocycles. The molecule has 0 unspecified atom stereocenters. The van der Waals surface area contributed by atoms with Gasteiger partial charge in [0.05, 0.1) is 12.2 Å². The predicted octanol–water partition coefficient (Wildman–Crippen LogP) is 4.29. The summed E-state index contributed by atoms with van der Waals surface area (Å²) in [5.41, 5.74) is 0.499. The highest BCUT2D eigenvalue weighted by atomic mass is 16.5. The Labute approximate surface area is 119 Å². The summed E-state index contributed by atoms with van der Waals surface area (Å²) in [7, 11) is 0. The fourth-order valence-electron chi connectivity index (χ4n) is 1.64. The van der Waals surface area contributed by atoms with Crippen LogP contribution in [-0.4, -0.2) is 12.6 Å². The molecule has 0 fully saturated rings. The third-order valence-corrected chi connectivity index (χ3v) is 2.60. The lowest BCUT2D eigenvalue weighted by Crippen LogP contribution is -2.10. The van der Waals surface area contributed by atoms with Gasteiger partial charge in [-0.3, -0.25) is 0 Å². The van der Waals surface area contributed by atoms with Crippen LogP contribution in [0.4, 0.5) is 0 Å². The van der Waals surface area contributed by atoms with Gasteiger partial charge >= 0.3 is 5.97 Å². The Morgan fingerprint density at radius 3 is 2.40 bits per heavy atom. The number of ether oxygens (including phenoxy) is 2. The molecule has 0 heterocycles. The van der Waals surface area contributed by atoms with Crippen LogP contribution in [0.15, 0.2) is 54.6 Å². The molecule has 0 amide bonds. The lowest BCUT2D eigenvalue weighted by Gasteiger charge is -2.09. The third kappa shape index (κ3) is 4.12. The second-order valence-corrected chi connectivity index (χ2v) is 4.94. The minimum Gasteiger partial charge on any atom is -0.462 e. The molecule has 2 aromatic rings. The molecule has 0 atom stereocenters. The number of para-hydroxylation sites is 1. The Balaban J connectivity index is 2.06. The van der Waals surface area contributed by atoms with Crippen molar-refractivity contribution in [3.63, 3.8) is 0 Å². The van der Waals surface area contributed by atoms with Crippen LogP contribution in [0.3, 0.4) is 0 Å². The summed E-state index contributed by atoms with van der Waals surface area (Å²) in [6.45, 7) is 4.42. The van der Waals surface area contributed by atoms with Crippen LogP contribution in [0.2, 0.25) is 0 Å². The van der Waals surface area contributed by atoms with E-state index in [9.17, 15) is 4.79 Å². The number of rotatable bonds is 5. The van der Waals surface area contributed by atoms with Gasteiger partial charge in [0.25, 0.3) is 0 Å². The normalized spacial score (nSPS) is 10.3. The fourth-order valence-corrected chi connectivity index (χ4v) is 1.64. The van der Waals surface area contributed by atoms with Crippen molar-refractivity contribution in [2.75, 3.05) is 6.61 Å². The van der Waals surface area contributed by atoms with E-state index in [1.165, 1.54) is 0 Å². The number of carbonyl (C=O) groups is 1. The van der Waals surface area contributed by atoms with Crippen molar-refractivity contribution in [2.45, 2.75) is 13.8 Å². The van der Waals surface area contributed by atoms with E-state index in [4.69, 9.17) is 9.47 Å². The summed E-state index contributed by atoms with van der Waals surface area (Å²) in [5.74, 6) is 1.36. The molecule has 20 heavy (non-hydrogen) atoms. The van der Waals surface area contributed by atoms with Crippen LogP contribution < -0.4 is 4.74 Å². The Morgan fingerprint density at radius 2 is 1.70 bits per heavy atom. The summed E-state index contributed by atoms with van der Waals surface area (Å²) >= 11 is 0. The second kappa shape index (κ2) is 6.75. The van der Waals surface area contributed by atoms with Gasteiger partial charge in [0.1, 0.15) is 11.5 Å². The summed E-state index contributed by atoms with van der Waals surface area (Å²) in [6, 6.07) is 16.5. The van der Waals surface area contributed by atoms with E-state index in [0.717, 1.165) is 5.75 Å². The number of esters is 1. The van der Waals surface area contributed by atoms with E-state index in [0.29, 0.717) is 23.8 Å². The topological polar surface area (TPSA) is 35.5 Å². The van der Waals surface area contributed by atoms with E-state index >= 15 is 0 Å². The zero-order valence-electron chi connectivity index (χ0n) is 11.7. The van der Waals surface area contributed by atoms with Crippen LogP contribution in [0.5, 0.6) is 11.5 Å². The number of hydrogen-bond donors (Lipinski definition) is 0. The first-order valence-electron chi connectivity index (χ1n) is 6.65. The van der Waals surface area contributed by atoms with Crippen molar-refractivity contribution in [3.05, 3.63) is 60.2 Å². The molecule has 0 aromatic heterocycles. The van der Waals surface area contributed by atoms with Crippen molar-refractivity contribution in [1.29, 1.82) is 0 Å². The zero-order chi connectivity index (χ0) is 14.4. The van der Waals surface area contributed by atoms with Gasteiger partial charge in [0, 0.05) is 0 Å². The van der Waals surface area contributed by atoms with E-state index < -0.39 is 0 Å². The molecule has 0 bridgehead atoms. The lowest BCUT2D eigenvalue weighted by atomic mass is 10.2. The zero-order valence-corrected chi connectivity index (χ0v) is 11.7. The third-order valence-electron chi connectivity index (χ3n) is 2.60. The SMILES string of the molecule is CC(C)COC(=O)c1cccc(Oc2ccccc2)c1. The van der Waals surface area contributed by atoms with Gasteiger partial charge in [0.2, 0.25) is 0 Å². The van der Waals surface area contributed by atoms with E-state index in [1.807, 2.05) is 50.2 Å². The number of benzene rings is 2.